The minimum atomic E-state index is -1.16. The van der Waals surface area contributed by atoms with Crippen LogP contribution in [0.5, 0.6) is 0 Å². The Labute approximate surface area is 121 Å². The molecule has 6 nitrogen and oxygen atoms in total. The predicted octanol–water partition coefficient (Wildman–Crippen LogP) is -0.340. The molecule has 2 rings (SSSR count). The van der Waals surface area contributed by atoms with E-state index in [-0.39, 0.29) is 12.8 Å². The van der Waals surface area contributed by atoms with Crippen molar-refractivity contribution in [1.29, 1.82) is 0 Å². The quantitative estimate of drug-likeness (QED) is 0.596. The van der Waals surface area contributed by atoms with Crippen molar-refractivity contribution >= 4 is 11.9 Å². The summed E-state index contributed by atoms with van der Waals surface area (Å²) in [6.45, 7) is 0.313. The van der Waals surface area contributed by atoms with Crippen LogP contribution in [0.25, 0.3) is 0 Å². The summed E-state index contributed by atoms with van der Waals surface area (Å²) in [5.41, 5.74) is 0.614. The highest BCUT2D eigenvalue weighted by atomic mass is 19.1. The molecule has 1 fully saturated rings. The maximum Gasteiger partial charge on any atom is 0.326 e. The predicted molar refractivity (Wildman–Crippen MR) is 72.1 cm³/mol. The summed E-state index contributed by atoms with van der Waals surface area (Å²) < 4.78 is 12.8. The van der Waals surface area contributed by atoms with Crippen molar-refractivity contribution in [2.75, 3.05) is 6.54 Å². The molecule has 1 aromatic rings. The van der Waals surface area contributed by atoms with Gasteiger partial charge in [-0.05, 0) is 24.1 Å². The van der Waals surface area contributed by atoms with Gasteiger partial charge in [-0.1, -0.05) is 12.1 Å². The number of nitrogens with one attached hydrogen (secondary N) is 2. The van der Waals surface area contributed by atoms with Crippen LogP contribution in [0.3, 0.4) is 0 Å². The van der Waals surface area contributed by atoms with Gasteiger partial charge >= 0.3 is 5.97 Å². The van der Waals surface area contributed by atoms with Gasteiger partial charge in [0.15, 0.2) is 0 Å². The Kier molecular flexibility index (Phi) is 4.87. The molecule has 21 heavy (non-hydrogen) atoms. The molecule has 4 N–H and O–H groups in total. The lowest BCUT2D eigenvalue weighted by molar-refractivity contribution is -0.142. The molecule has 0 saturated carbocycles. The van der Waals surface area contributed by atoms with Crippen LogP contribution in [0.15, 0.2) is 24.3 Å². The van der Waals surface area contributed by atoms with Gasteiger partial charge in [-0.3, -0.25) is 4.79 Å². The van der Waals surface area contributed by atoms with Crippen molar-refractivity contribution in [1.82, 2.24) is 10.6 Å². The van der Waals surface area contributed by atoms with Crippen molar-refractivity contribution in [3.63, 3.8) is 0 Å². The van der Waals surface area contributed by atoms with Gasteiger partial charge in [-0.2, -0.15) is 0 Å². The fraction of sp³-hybridized carbons (Fsp3) is 0.429. The number of hydrogen-bond acceptors (Lipinski definition) is 4. The molecule has 0 aromatic heterocycles. The number of carbonyl (C=O) groups excluding carboxylic acids is 1. The molecule has 0 bridgehead atoms. The number of aliphatic hydroxyl groups is 1. The van der Waals surface area contributed by atoms with Crippen LogP contribution < -0.4 is 10.6 Å². The maximum atomic E-state index is 12.8. The van der Waals surface area contributed by atoms with Gasteiger partial charge in [-0.25, -0.2) is 9.18 Å². The molecule has 114 valence electrons. The SMILES string of the molecule is O=C(O)[C@H](Cc1ccc(F)cc1)NC(=O)[C@@H]1C[C@@H](O)CN1. The zero-order chi connectivity index (χ0) is 15.4. The highest BCUT2D eigenvalue weighted by Gasteiger charge is 2.30. The van der Waals surface area contributed by atoms with Crippen LogP contribution in [0.1, 0.15) is 12.0 Å². The average Bonchev–Trinajstić information content (AvgIpc) is 2.87. The number of rotatable bonds is 5. The first kappa shape index (κ1) is 15.4. The summed E-state index contributed by atoms with van der Waals surface area (Å²) in [5, 5.41) is 23.8. The van der Waals surface area contributed by atoms with E-state index in [0.29, 0.717) is 12.1 Å². The van der Waals surface area contributed by atoms with Crippen LogP contribution in [0.4, 0.5) is 4.39 Å². The van der Waals surface area contributed by atoms with Crippen LogP contribution in [-0.2, 0) is 16.0 Å². The third-order valence-electron chi connectivity index (χ3n) is 3.39. The molecular formula is C14H17FN2O4. The number of carbonyl (C=O) groups is 2. The lowest BCUT2D eigenvalue weighted by atomic mass is 10.1. The fourth-order valence-corrected chi connectivity index (χ4v) is 2.25. The number of carboxylic acids is 1. The molecule has 1 saturated heterocycles. The van der Waals surface area contributed by atoms with E-state index in [0.717, 1.165) is 0 Å². The summed E-state index contributed by atoms with van der Waals surface area (Å²) in [6.07, 6.45) is -0.271. The summed E-state index contributed by atoms with van der Waals surface area (Å²) in [7, 11) is 0. The van der Waals surface area contributed by atoms with Crippen molar-refractivity contribution < 1.29 is 24.2 Å². The minimum Gasteiger partial charge on any atom is -0.480 e. The normalized spacial score (nSPS) is 22.8. The molecule has 1 aliphatic rings. The summed E-state index contributed by atoms with van der Waals surface area (Å²) >= 11 is 0. The number of aliphatic carboxylic acids is 1. The number of benzene rings is 1. The monoisotopic (exact) mass is 296 g/mol. The van der Waals surface area contributed by atoms with Crippen LogP contribution >= 0.6 is 0 Å². The largest absolute Gasteiger partial charge is 0.480 e. The smallest absolute Gasteiger partial charge is 0.326 e. The third-order valence-corrected chi connectivity index (χ3v) is 3.39. The zero-order valence-electron chi connectivity index (χ0n) is 11.3. The van der Waals surface area contributed by atoms with Gasteiger partial charge < -0.3 is 20.8 Å². The number of hydrogen-bond donors (Lipinski definition) is 4. The molecule has 0 radical (unpaired) electrons. The van der Waals surface area contributed by atoms with E-state index >= 15 is 0 Å². The molecule has 1 aromatic carbocycles. The van der Waals surface area contributed by atoms with E-state index in [9.17, 15) is 24.2 Å². The number of β-amino-alcohol motifs (C(OH)–C–C–N with tert-alkyl or cyclic N) is 1. The molecule has 0 spiro atoms. The molecule has 1 aliphatic heterocycles. The van der Waals surface area contributed by atoms with Gasteiger partial charge in [-0.15, -0.1) is 0 Å². The molecule has 1 amide bonds. The molecule has 0 unspecified atom stereocenters. The van der Waals surface area contributed by atoms with Gasteiger partial charge in [0.1, 0.15) is 11.9 Å². The number of aliphatic hydroxyl groups excluding tert-OH is 1. The Hall–Kier alpha value is -1.99. The van der Waals surface area contributed by atoms with Gasteiger partial charge in [0, 0.05) is 13.0 Å². The number of carboxylic acid groups (broad SMARTS) is 1. The first-order chi connectivity index (χ1) is 9.95. The van der Waals surface area contributed by atoms with Gasteiger partial charge in [0.25, 0.3) is 0 Å². The molecule has 3 atom stereocenters. The van der Waals surface area contributed by atoms with E-state index in [4.69, 9.17) is 0 Å². The van der Waals surface area contributed by atoms with Crippen molar-refractivity contribution in [3.8, 4) is 0 Å². The number of halogens is 1. The summed E-state index contributed by atoms with van der Waals surface area (Å²) in [5.74, 6) is -2.02. The lowest BCUT2D eigenvalue weighted by Gasteiger charge is -2.17. The highest BCUT2D eigenvalue weighted by Crippen LogP contribution is 2.09. The van der Waals surface area contributed by atoms with E-state index < -0.39 is 35.9 Å². The highest BCUT2D eigenvalue weighted by molar-refractivity contribution is 5.87. The fourth-order valence-electron chi connectivity index (χ4n) is 2.25. The van der Waals surface area contributed by atoms with E-state index in [1.165, 1.54) is 24.3 Å². The van der Waals surface area contributed by atoms with E-state index in [1.54, 1.807) is 0 Å². The first-order valence-electron chi connectivity index (χ1n) is 6.65. The van der Waals surface area contributed by atoms with Crippen molar-refractivity contribution in [2.45, 2.75) is 31.0 Å². The zero-order valence-corrected chi connectivity index (χ0v) is 11.3. The second kappa shape index (κ2) is 6.64. The topological polar surface area (TPSA) is 98.7 Å². The van der Waals surface area contributed by atoms with Crippen molar-refractivity contribution in [2.24, 2.45) is 0 Å². The Balaban J connectivity index is 1.97. The molecular weight excluding hydrogens is 279 g/mol. The average molecular weight is 296 g/mol. The van der Waals surface area contributed by atoms with Crippen molar-refractivity contribution in [3.05, 3.63) is 35.6 Å². The van der Waals surface area contributed by atoms with Gasteiger partial charge in [0.05, 0.1) is 12.1 Å². The standard InChI is InChI=1S/C14H17FN2O4/c15-9-3-1-8(2-4-9)5-12(14(20)21)17-13(19)11-6-10(18)7-16-11/h1-4,10-12,16,18H,5-7H2,(H,17,19)(H,20,21)/t10-,11+,12+/m1/s1. The Morgan fingerprint density at radius 3 is 2.57 bits per heavy atom. The molecule has 1 heterocycles. The third kappa shape index (κ3) is 4.24. The van der Waals surface area contributed by atoms with Crippen LogP contribution in [-0.4, -0.2) is 46.8 Å². The Morgan fingerprint density at radius 2 is 2.05 bits per heavy atom. The van der Waals surface area contributed by atoms with Gasteiger partial charge in [0.2, 0.25) is 5.91 Å². The summed E-state index contributed by atoms with van der Waals surface area (Å²) in [4.78, 5) is 23.2. The second-order valence-corrected chi connectivity index (χ2v) is 5.08. The maximum absolute atomic E-state index is 12.8. The number of amides is 1. The first-order valence-corrected chi connectivity index (χ1v) is 6.65. The Bertz CT molecular complexity index is 520. The lowest BCUT2D eigenvalue weighted by Crippen LogP contribution is -2.49. The summed E-state index contributed by atoms with van der Waals surface area (Å²) in [6, 6.07) is 3.76. The Morgan fingerprint density at radius 1 is 1.38 bits per heavy atom. The van der Waals surface area contributed by atoms with Crippen LogP contribution in [0, 0.1) is 5.82 Å². The van der Waals surface area contributed by atoms with E-state index in [1.807, 2.05) is 0 Å². The molecule has 0 aliphatic carbocycles. The minimum absolute atomic E-state index is 0.0661. The van der Waals surface area contributed by atoms with E-state index in [2.05, 4.69) is 10.6 Å². The van der Waals surface area contributed by atoms with Crippen LogP contribution in [0.2, 0.25) is 0 Å². The molecule has 7 heteroatoms. The second-order valence-electron chi connectivity index (χ2n) is 5.08.